The normalized spacial score (nSPS) is 10.0. The summed E-state index contributed by atoms with van der Waals surface area (Å²) in [4.78, 5) is 33.9. The fourth-order valence-electron chi connectivity index (χ4n) is 2.11. The minimum atomic E-state index is -0.635. The maximum Gasteiger partial charge on any atom is 0.270 e. The number of nitrogens with zero attached hydrogens (tertiary/aromatic N) is 1. The molecule has 2 rings (SSSR count). The third-order valence-electron chi connectivity index (χ3n) is 3.47. The molecule has 0 aliphatic rings. The third-order valence-corrected chi connectivity index (χ3v) is 3.47. The molecule has 2 aromatic carbocycles. The fraction of sp³-hybridized carbons (Fsp3) is 0.176. The summed E-state index contributed by atoms with van der Waals surface area (Å²) < 4.78 is 0. The summed E-state index contributed by atoms with van der Waals surface area (Å²) in [6.45, 7) is 3.84. The molecule has 0 fully saturated rings. The van der Waals surface area contributed by atoms with Crippen molar-refractivity contribution in [2.24, 2.45) is 0 Å². The fourth-order valence-corrected chi connectivity index (χ4v) is 2.11. The topological polar surface area (TPSA) is 113 Å². The van der Waals surface area contributed by atoms with E-state index in [1.165, 1.54) is 18.2 Å². The van der Waals surface area contributed by atoms with Crippen LogP contribution in [0.15, 0.2) is 42.5 Å². The molecule has 0 radical (unpaired) electrons. The summed E-state index contributed by atoms with van der Waals surface area (Å²) in [6, 6.07) is 11.1. The molecule has 0 unspecified atom stereocenters. The Hall–Kier alpha value is -3.42. The Morgan fingerprint density at radius 2 is 1.84 bits per heavy atom. The van der Waals surface area contributed by atoms with Gasteiger partial charge in [-0.05, 0) is 37.1 Å². The van der Waals surface area contributed by atoms with Gasteiger partial charge in [-0.15, -0.1) is 0 Å². The van der Waals surface area contributed by atoms with E-state index in [-0.39, 0.29) is 17.8 Å². The third kappa shape index (κ3) is 5.03. The lowest BCUT2D eigenvalue weighted by Crippen LogP contribution is -2.44. The minimum Gasteiger partial charge on any atom is -0.376 e. The van der Waals surface area contributed by atoms with Gasteiger partial charge in [0.25, 0.3) is 17.5 Å². The smallest absolute Gasteiger partial charge is 0.270 e. The number of carbonyl (C=O) groups is 2. The quantitative estimate of drug-likeness (QED) is 0.569. The number of aryl methyl sites for hydroxylation is 2. The molecule has 2 amide bonds. The molecule has 8 nitrogen and oxygen atoms in total. The van der Waals surface area contributed by atoms with Crippen molar-refractivity contribution in [1.82, 2.24) is 10.9 Å². The average molecular weight is 342 g/mol. The molecule has 130 valence electrons. The zero-order valence-corrected chi connectivity index (χ0v) is 13.8. The second kappa shape index (κ2) is 7.91. The van der Waals surface area contributed by atoms with E-state index >= 15 is 0 Å². The molecule has 0 atom stereocenters. The minimum absolute atomic E-state index is 0.0283. The van der Waals surface area contributed by atoms with E-state index in [9.17, 15) is 19.7 Å². The van der Waals surface area contributed by atoms with Crippen LogP contribution in [-0.2, 0) is 4.79 Å². The van der Waals surface area contributed by atoms with Crippen molar-refractivity contribution < 1.29 is 14.5 Å². The molecule has 2 aromatic rings. The van der Waals surface area contributed by atoms with Crippen LogP contribution in [0.4, 0.5) is 11.4 Å². The van der Waals surface area contributed by atoms with Gasteiger partial charge in [-0.25, -0.2) is 0 Å². The highest BCUT2D eigenvalue weighted by molar-refractivity contribution is 5.96. The molecule has 0 aliphatic carbocycles. The Balaban J connectivity index is 1.87. The van der Waals surface area contributed by atoms with Crippen LogP contribution in [0.25, 0.3) is 0 Å². The van der Waals surface area contributed by atoms with Crippen molar-refractivity contribution in [3.05, 3.63) is 69.3 Å². The van der Waals surface area contributed by atoms with Crippen LogP contribution < -0.4 is 16.2 Å². The lowest BCUT2D eigenvalue weighted by Gasteiger charge is -2.11. The van der Waals surface area contributed by atoms with Gasteiger partial charge in [-0.1, -0.05) is 18.2 Å². The lowest BCUT2D eigenvalue weighted by atomic mass is 10.1. The Labute approximate surface area is 144 Å². The van der Waals surface area contributed by atoms with Gasteiger partial charge in [0.15, 0.2) is 0 Å². The van der Waals surface area contributed by atoms with E-state index in [0.717, 1.165) is 22.9 Å². The number of hydrazine groups is 1. The molecular weight excluding hydrogens is 324 g/mol. The van der Waals surface area contributed by atoms with Crippen molar-refractivity contribution in [3.63, 3.8) is 0 Å². The summed E-state index contributed by atoms with van der Waals surface area (Å²) in [5.74, 6) is -1.08. The van der Waals surface area contributed by atoms with Crippen molar-refractivity contribution in [1.29, 1.82) is 0 Å². The van der Waals surface area contributed by atoms with E-state index in [4.69, 9.17) is 0 Å². The molecule has 0 bridgehead atoms. The van der Waals surface area contributed by atoms with E-state index in [1.54, 1.807) is 0 Å². The molecule has 0 spiro atoms. The van der Waals surface area contributed by atoms with Gasteiger partial charge in [0.2, 0.25) is 0 Å². The molecule has 3 N–H and O–H groups in total. The summed E-state index contributed by atoms with van der Waals surface area (Å²) in [5, 5.41) is 13.7. The van der Waals surface area contributed by atoms with Gasteiger partial charge in [0, 0.05) is 23.4 Å². The largest absolute Gasteiger partial charge is 0.376 e. The summed E-state index contributed by atoms with van der Waals surface area (Å²) in [7, 11) is 0. The number of nitro benzene ring substituents is 1. The van der Waals surface area contributed by atoms with Gasteiger partial charge in [-0.2, -0.15) is 0 Å². The average Bonchev–Trinajstić information content (AvgIpc) is 2.60. The van der Waals surface area contributed by atoms with E-state index < -0.39 is 16.7 Å². The van der Waals surface area contributed by atoms with Gasteiger partial charge < -0.3 is 5.32 Å². The van der Waals surface area contributed by atoms with Crippen LogP contribution in [0.2, 0.25) is 0 Å². The number of rotatable bonds is 5. The number of amides is 2. The zero-order valence-electron chi connectivity index (χ0n) is 13.8. The standard InChI is InChI=1S/C17H18N4O4/c1-11-6-7-12(2)15(8-11)18-10-16(22)19-20-17(23)13-4-3-5-14(9-13)21(24)25/h3-9,18H,10H2,1-2H3,(H,19,22)(H,20,23). The van der Waals surface area contributed by atoms with Crippen LogP contribution in [0, 0.1) is 24.0 Å². The van der Waals surface area contributed by atoms with Crippen molar-refractivity contribution in [3.8, 4) is 0 Å². The number of anilines is 1. The highest BCUT2D eigenvalue weighted by atomic mass is 16.6. The Morgan fingerprint density at radius 1 is 1.08 bits per heavy atom. The predicted octanol–water partition coefficient (Wildman–Crippen LogP) is 2.08. The Morgan fingerprint density at radius 3 is 2.56 bits per heavy atom. The number of non-ortho nitro benzene ring substituents is 1. The molecule has 25 heavy (non-hydrogen) atoms. The highest BCUT2D eigenvalue weighted by Crippen LogP contribution is 2.15. The van der Waals surface area contributed by atoms with Crippen molar-refractivity contribution in [2.45, 2.75) is 13.8 Å². The lowest BCUT2D eigenvalue weighted by molar-refractivity contribution is -0.384. The number of nitro groups is 1. The first-order valence-electron chi connectivity index (χ1n) is 7.51. The number of benzene rings is 2. The molecule has 0 heterocycles. The molecule has 0 aliphatic heterocycles. The summed E-state index contributed by atoms with van der Waals surface area (Å²) in [5.41, 5.74) is 7.27. The maximum atomic E-state index is 11.9. The maximum absolute atomic E-state index is 11.9. The van der Waals surface area contributed by atoms with Crippen LogP contribution in [0.5, 0.6) is 0 Å². The first-order chi connectivity index (χ1) is 11.9. The predicted molar refractivity (Wildman–Crippen MR) is 93.1 cm³/mol. The molecule has 0 aromatic heterocycles. The highest BCUT2D eigenvalue weighted by Gasteiger charge is 2.12. The van der Waals surface area contributed by atoms with Crippen LogP contribution in [-0.4, -0.2) is 23.3 Å². The first-order valence-corrected chi connectivity index (χ1v) is 7.51. The van der Waals surface area contributed by atoms with Gasteiger partial charge in [0.1, 0.15) is 0 Å². The molecule has 8 heteroatoms. The Bertz CT molecular complexity index is 820. The van der Waals surface area contributed by atoms with E-state index in [0.29, 0.717) is 0 Å². The summed E-state index contributed by atoms with van der Waals surface area (Å²) >= 11 is 0. The second-order valence-electron chi connectivity index (χ2n) is 5.48. The first kappa shape index (κ1) is 17.9. The zero-order chi connectivity index (χ0) is 18.4. The Kier molecular flexibility index (Phi) is 5.67. The van der Waals surface area contributed by atoms with Crippen molar-refractivity contribution >= 4 is 23.2 Å². The number of hydrogen-bond acceptors (Lipinski definition) is 5. The van der Waals surface area contributed by atoms with E-state index in [1.807, 2.05) is 32.0 Å². The molecule has 0 saturated carbocycles. The monoisotopic (exact) mass is 342 g/mol. The number of nitrogens with one attached hydrogen (secondary N) is 3. The molecular formula is C17H18N4O4. The number of hydrogen-bond donors (Lipinski definition) is 3. The van der Waals surface area contributed by atoms with Crippen LogP contribution >= 0.6 is 0 Å². The van der Waals surface area contributed by atoms with Gasteiger partial charge in [-0.3, -0.25) is 30.6 Å². The SMILES string of the molecule is Cc1ccc(C)c(NCC(=O)NNC(=O)c2cccc([N+](=O)[O-])c2)c1. The van der Waals surface area contributed by atoms with Gasteiger partial charge >= 0.3 is 0 Å². The van der Waals surface area contributed by atoms with Crippen LogP contribution in [0.3, 0.4) is 0 Å². The van der Waals surface area contributed by atoms with Crippen LogP contribution in [0.1, 0.15) is 21.5 Å². The second-order valence-corrected chi connectivity index (χ2v) is 5.48. The summed E-state index contributed by atoms with van der Waals surface area (Å²) in [6.07, 6.45) is 0. The van der Waals surface area contributed by atoms with Gasteiger partial charge in [0.05, 0.1) is 11.5 Å². The molecule has 0 saturated heterocycles. The van der Waals surface area contributed by atoms with Crippen molar-refractivity contribution in [2.75, 3.05) is 11.9 Å². The number of carbonyl (C=O) groups excluding carboxylic acids is 2. The van der Waals surface area contributed by atoms with E-state index in [2.05, 4.69) is 16.2 Å².